The van der Waals surface area contributed by atoms with E-state index in [-0.39, 0.29) is 11.5 Å². The number of carboxylic acid groups (broad SMARTS) is 1. The normalized spacial score (nSPS) is 10.5. The summed E-state index contributed by atoms with van der Waals surface area (Å²) >= 11 is 3.27. The van der Waals surface area contributed by atoms with E-state index in [9.17, 15) is 9.59 Å². The Morgan fingerprint density at radius 3 is 2.33 bits per heavy atom. The first-order valence-electron chi connectivity index (χ1n) is 6.00. The van der Waals surface area contributed by atoms with Crippen molar-refractivity contribution in [1.82, 2.24) is 5.43 Å². The van der Waals surface area contributed by atoms with Gasteiger partial charge in [-0.15, -0.1) is 0 Å². The number of carbonyl (C=O) groups excluding carboxylic acids is 1. The number of halogens is 1. The largest absolute Gasteiger partial charge is 0.478 e. The van der Waals surface area contributed by atoms with E-state index in [1.807, 2.05) is 0 Å². The summed E-state index contributed by atoms with van der Waals surface area (Å²) < 4.78 is 0.656. The van der Waals surface area contributed by atoms with Gasteiger partial charge in [0.2, 0.25) is 0 Å². The monoisotopic (exact) mass is 346 g/mol. The van der Waals surface area contributed by atoms with E-state index in [2.05, 4.69) is 26.5 Å². The fourth-order valence-corrected chi connectivity index (χ4v) is 2.14. The van der Waals surface area contributed by atoms with E-state index in [0.717, 1.165) is 0 Å². The summed E-state index contributed by atoms with van der Waals surface area (Å²) in [6.07, 6.45) is 1.30. The maximum atomic E-state index is 11.9. The number of hydrogen-bond acceptors (Lipinski definition) is 3. The maximum Gasteiger partial charge on any atom is 0.336 e. The van der Waals surface area contributed by atoms with Gasteiger partial charge in [0.05, 0.1) is 17.3 Å². The van der Waals surface area contributed by atoms with Gasteiger partial charge in [-0.25, -0.2) is 10.2 Å². The Hall–Kier alpha value is -2.47. The molecule has 106 valence electrons. The summed E-state index contributed by atoms with van der Waals surface area (Å²) in [7, 11) is 0. The number of hydrazone groups is 1. The molecule has 1 amide bonds. The molecule has 0 aliphatic rings. The molecule has 0 fully saturated rings. The van der Waals surface area contributed by atoms with Crippen LogP contribution in [0.5, 0.6) is 0 Å². The zero-order chi connectivity index (χ0) is 15.2. The predicted molar refractivity (Wildman–Crippen MR) is 82.6 cm³/mol. The van der Waals surface area contributed by atoms with Gasteiger partial charge in [0, 0.05) is 10.0 Å². The third-order valence-electron chi connectivity index (χ3n) is 2.68. The van der Waals surface area contributed by atoms with Gasteiger partial charge in [0.25, 0.3) is 5.91 Å². The van der Waals surface area contributed by atoms with Crippen LogP contribution in [0.1, 0.15) is 26.3 Å². The number of carboxylic acids is 1. The van der Waals surface area contributed by atoms with Crippen molar-refractivity contribution in [2.24, 2.45) is 5.10 Å². The molecule has 5 nitrogen and oxygen atoms in total. The summed E-state index contributed by atoms with van der Waals surface area (Å²) in [4.78, 5) is 22.9. The number of benzene rings is 2. The Bertz CT molecular complexity index is 714. The fourth-order valence-electron chi connectivity index (χ4n) is 1.67. The quantitative estimate of drug-likeness (QED) is 0.659. The number of rotatable bonds is 4. The van der Waals surface area contributed by atoms with Crippen LogP contribution in [-0.4, -0.2) is 23.2 Å². The van der Waals surface area contributed by atoms with Crippen molar-refractivity contribution in [2.45, 2.75) is 0 Å². The first-order chi connectivity index (χ1) is 10.1. The maximum absolute atomic E-state index is 11.9. The number of carbonyl (C=O) groups is 2. The summed E-state index contributed by atoms with van der Waals surface area (Å²) in [5, 5.41) is 12.8. The van der Waals surface area contributed by atoms with Crippen molar-refractivity contribution in [3.63, 3.8) is 0 Å². The lowest BCUT2D eigenvalue weighted by Gasteiger charge is -2.02. The van der Waals surface area contributed by atoms with Crippen molar-refractivity contribution in [3.05, 3.63) is 69.7 Å². The third-order valence-corrected chi connectivity index (χ3v) is 3.37. The highest BCUT2D eigenvalue weighted by molar-refractivity contribution is 9.10. The van der Waals surface area contributed by atoms with Crippen LogP contribution in [-0.2, 0) is 0 Å². The Balaban J connectivity index is 2.12. The van der Waals surface area contributed by atoms with Crippen LogP contribution in [0.4, 0.5) is 0 Å². The van der Waals surface area contributed by atoms with Crippen LogP contribution in [0.15, 0.2) is 58.1 Å². The Morgan fingerprint density at radius 1 is 1.05 bits per heavy atom. The Morgan fingerprint density at radius 2 is 1.67 bits per heavy atom. The number of nitrogens with one attached hydrogen (secondary N) is 1. The van der Waals surface area contributed by atoms with Gasteiger partial charge in [-0.3, -0.25) is 4.79 Å². The molecule has 0 saturated heterocycles. The van der Waals surface area contributed by atoms with Crippen LogP contribution in [0.25, 0.3) is 0 Å². The molecular weight excluding hydrogens is 336 g/mol. The Kier molecular flexibility index (Phi) is 4.84. The van der Waals surface area contributed by atoms with E-state index in [0.29, 0.717) is 15.6 Å². The minimum atomic E-state index is -1.05. The fraction of sp³-hybridized carbons (Fsp3) is 0. The second-order valence-electron chi connectivity index (χ2n) is 4.07. The molecular formula is C15H11BrN2O3. The molecule has 0 atom stereocenters. The lowest BCUT2D eigenvalue weighted by atomic mass is 10.1. The molecule has 6 heteroatoms. The van der Waals surface area contributed by atoms with E-state index in [1.54, 1.807) is 42.5 Å². The molecule has 0 bridgehead atoms. The molecule has 2 N–H and O–H groups in total. The van der Waals surface area contributed by atoms with E-state index < -0.39 is 5.97 Å². The van der Waals surface area contributed by atoms with Gasteiger partial charge in [-0.1, -0.05) is 30.3 Å². The average molecular weight is 347 g/mol. The lowest BCUT2D eigenvalue weighted by molar-refractivity contribution is 0.0696. The summed E-state index contributed by atoms with van der Waals surface area (Å²) in [6.45, 7) is 0. The molecule has 0 radical (unpaired) electrons. The smallest absolute Gasteiger partial charge is 0.336 e. The Labute approximate surface area is 129 Å². The molecule has 0 aliphatic heterocycles. The molecule has 21 heavy (non-hydrogen) atoms. The lowest BCUT2D eigenvalue weighted by Crippen LogP contribution is -2.18. The van der Waals surface area contributed by atoms with Gasteiger partial charge >= 0.3 is 5.97 Å². The van der Waals surface area contributed by atoms with Crippen LogP contribution in [0.2, 0.25) is 0 Å². The topological polar surface area (TPSA) is 78.8 Å². The van der Waals surface area contributed by atoms with Crippen molar-refractivity contribution in [3.8, 4) is 0 Å². The van der Waals surface area contributed by atoms with Gasteiger partial charge in [-0.05, 0) is 34.1 Å². The third kappa shape index (κ3) is 3.76. The summed E-state index contributed by atoms with van der Waals surface area (Å²) in [6, 6.07) is 13.3. The number of aromatic carboxylic acids is 1. The minimum absolute atomic E-state index is 0.122. The molecule has 0 aromatic heterocycles. The van der Waals surface area contributed by atoms with E-state index in [4.69, 9.17) is 5.11 Å². The highest BCUT2D eigenvalue weighted by Crippen LogP contribution is 2.15. The molecule has 0 heterocycles. The number of nitrogens with zero attached hydrogens (tertiary/aromatic N) is 1. The van der Waals surface area contributed by atoms with Crippen molar-refractivity contribution in [1.29, 1.82) is 0 Å². The molecule has 0 unspecified atom stereocenters. The van der Waals surface area contributed by atoms with Crippen LogP contribution < -0.4 is 5.43 Å². The van der Waals surface area contributed by atoms with Crippen LogP contribution in [0, 0.1) is 0 Å². The van der Waals surface area contributed by atoms with Crippen molar-refractivity contribution < 1.29 is 14.7 Å². The highest BCUT2D eigenvalue weighted by Gasteiger charge is 2.09. The van der Waals surface area contributed by atoms with Crippen molar-refractivity contribution >= 4 is 34.0 Å². The first-order valence-corrected chi connectivity index (χ1v) is 6.79. The molecule has 0 spiro atoms. The van der Waals surface area contributed by atoms with Gasteiger partial charge < -0.3 is 5.11 Å². The molecule has 0 aliphatic carbocycles. The second kappa shape index (κ2) is 6.81. The minimum Gasteiger partial charge on any atom is -0.478 e. The zero-order valence-corrected chi connectivity index (χ0v) is 12.4. The van der Waals surface area contributed by atoms with Gasteiger partial charge in [-0.2, -0.15) is 5.10 Å². The molecule has 2 rings (SSSR count). The number of amides is 1. The zero-order valence-electron chi connectivity index (χ0n) is 10.8. The standard InChI is InChI=1S/C15H11BrN2O3/c16-13-8-4-3-7-12(13)14(19)18-17-9-10-5-1-2-6-11(10)15(20)21/h1-9H,(H,18,19)(H,20,21)/b17-9-. The molecule has 2 aromatic rings. The van der Waals surface area contributed by atoms with Gasteiger partial charge in [0.15, 0.2) is 0 Å². The van der Waals surface area contributed by atoms with Gasteiger partial charge in [0.1, 0.15) is 0 Å². The summed E-state index contributed by atoms with van der Waals surface area (Å²) in [5.41, 5.74) is 3.34. The average Bonchev–Trinajstić information content (AvgIpc) is 2.48. The second-order valence-corrected chi connectivity index (χ2v) is 4.93. The van der Waals surface area contributed by atoms with E-state index >= 15 is 0 Å². The van der Waals surface area contributed by atoms with E-state index in [1.165, 1.54) is 12.3 Å². The SMILES string of the molecule is O=C(N/N=C\c1ccccc1C(=O)O)c1ccccc1Br. The molecule has 0 saturated carbocycles. The van der Waals surface area contributed by atoms with Crippen molar-refractivity contribution in [2.75, 3.05) is 0 Å². The van der Waals surface area contributed by atoms with Crippen LogP contribution in [0.3, 0.4) is 0 Å². The first kappa shape index (κ1) is 14.9. The predicted octanol–water partition coefficient (Wildman–Crippen LogP) is 2.91. The highest BCUT2D eigenvalue weighted by atomic mass is 79.9. The van der Waals surface area contributed by atoms with Crippen LogP contribution >= 0.6 is 15.9 Å². The summed E-state index contributed by atoms with van der Waals surface area (Å²) in [5.74, 6) is -1.43. The molecule has 2 aromatic carbocycles. The number of hydrogen-bond donors (Lipinski definition) is 2.